The summed E-state index contributed by atoms with van der Waals surface area (Å²) < 4.78 is 49.1. The van der Waals surface area contributed by atoms with Gasteiger partial charge in [0.1, 0.15) is 17.4 Å². The fourth-order valence-corrected chi connectivity index (χ4v) is 3.88. The molecule has 1 aliphatic heterocycles. The van der Waals surface area contributed by atoms with E-state index in [1.165, 1.54) is 10.6 Å². The van der Waals surface area contributed by atoms with E-state index >= 15 is 0 Å². The van der Waals surface area contributed by atoms with Crippen LogP contribution in [0.1, 0.15) is 37.1 Å². The zero-order valence-electron chi connectivity index (χ0n) is 16.0. The van der Waals surface area contributed by atoms with Crippen LogP contribution in [-0.2, 0) is 11.2 Å². The van der Waals surface area contributed by atoms with Crippen LogP contribution < -0.4 is 10.9 Å². The van der Waals surface area contributed by atoms with Gasteiger partial charge in [0.05, 0.1) is 18.8 Å². The fourth-order valence-electron chi connectivity index (χ4n) is 3.88. The Hall–Kier alpha value is -3.03. The van der Waals surface area contributed by atoms with Crippen molar-refractivity contribution < 1.29 is 17.9 Å². The van der Waals surface area contributed by atoms with Crippen LogP contribution in [0.15, 0.2) is 46.6 Å². The second-order valence-electron chi connectivity index (χ2n) is 7.26. The minimum absolute atomic E-state index is 0.0921. The summed E-state index contributed by atoms with van der Waals surface area (Å²) in [4.78, 5) is 15.9. The molecule has 0 spiro atoms. The highest BCUT2D eigenvalue weighted by Crippen LogP contribution is 2.37. The van der Waals surface area contributed by atoms with Gasteiger partial charge in [-0.2, -0.15) is 9.37 Å². The van der Waals surface area contributed by atoms with E-state index in [1.54, 1.807) is 13.2 Å². The molecule has 1 aromatic heterocycles. The first-order valence-electron chi connectivity index (χ1n) is 9.37. The molecule has 2 unspecified atom stereocenters. The van der Waals surface area contributed by atoms with E-state index in [0.717, 1.165) is 24.3 Å². The summed E-state index contributed by atoms with van der Waals surface area (Å²) in [6, 6.07) is 2.71. The lowest BCUT2D eigenvalue weighted by Gasteiger charge is -2.25. The number of hydrogen-bond donors (Lipinski definition) is 1. The van der Waals surface area contributed by atoms with Gasteiger partial charge < -0.3 is 14.6 Å². The molecule has 2 aliphatic rings. The number of anilines is 1. The Kier molecular flexibility index (Phi) is 4.94. The van der Waals surface area contributed by atoms with Gasteiger partial charge in [0.2, 0.25) is 11.8 Å². The molecule has 0 amide bonds. The Morgan fingerprint density at radius 1 is 1.28 bits per heavy atom. The van der Waals surface area contributed by atoms with Gasteiger partial charge in [-0.25, -0.2) is 8.78 Å². The third kappa shape index (κ3) is 3.43. The third-order valence-corrected chi connectivity index (χ3v) is 5.45. The summed E-state index contributed by atoms with van der Waals surface area (Å²) in [6.07, 6.45) is 5.07. The molecule has 2 aromatic rings. The summed E-state index contributed by atoms with van der Waals surface area (Å²) >= 11 is 0. The quantitative estimate of drug-likeness (QED) is 0.837. The molecular formula is C21H20F3N3O2. The van der Waals surface area contributed by atoms with Crippen molar-refractivity contribution in [2.75, 3.05) is 12.4 Å². The molecule has 0 radical (unpaired) electrons. The number of ether oxygens (including phenoxy) is 1. The summed E-state index contributed by atoms with van der Waals surface area (Å²) in [7, 11) is 1.56. The van der Waals surface area contributed by atoms with Crippen molar-refractivity contribution in [3.8, 4) is 0 Å². The zero-order chi connectivity index (χ0) is 20.7. The van der Waals surface area contributed by atoms with Crippen molar-refractivity contribution in [3.05, 3.63) is 80.9 Å². The van der Waals surface area contributed by atoms with Crippen molar-refractivity contribution in [3.63, 3.8) is 0 Å². The van der Waals surface area contributed by atoms with E-state index in [4.69, 9.17) is 4.74 Å². The molecule has 1 N–H and O–H groups in total. The van der Waals surface area contributed by atoms with Crippen LogP contribution in [0.3, 0.4) is 0 Å². The molecule has 5 nitrogen and oxygen atoms in total. The second kappa shape index (κ2) is 7.42. The Labute approximate surface area is 165 Å². The lowest BCUT2D eigenvalue weighted by molar-refractivity contribution is 0.300. The van der Waals surface area contributed by atoms with Crippen LogP contribution in [0.25, 0.3) is 0 Å². The molecule has 1 aliphatic carbocycles. The summed E-state index contributed by atoms with van der Waals surface area (Å²) in [5.74, 6) is -1.46. The second-order valence-corrected chi connectivity index (χ2v) is 7.26. The Balaban J connectivity index is 1.81. The van der Waals surface area contributed by atoms with E-state index in [2.05, 4.69) is 10.3 Å². The summed E-state index contributed by atoms with van der Waals surface area (Å²) in [5, 5.41) is 3.12. The van der Waals surface area contributed by atoms with Gasteiger partial charge in [-0.1, -0.05) is 13.0 Å². The van der Waals surface area contributed by atoms with E-state index in [9.17, 15) is 18.0 Å². The molecule has 29 heavy (non-hydrogen) atoms. The number of allylic oxidation sites excluding steroid dienone is 3. The average molecular weight is 403 g/mol. The van der Waals surface area contributed by atoms with Gasteiger partial charge >= 0.3 is 5.56 Å². The molecule has 0 fully saturated rings. The molecule has 8 heteroatoms. The normalized spacial score (nSPS) is 20.7. The fraction of sp³-hybridized carbons (Fsp3) is 0.333. The first kappa shape index (κ1) is 19.3. The molecule has 2 heterocycles. The van der Waals surface area contributed by atoms with Gasteiger partial charge in [-0.3, -0.25) is 4.79 Å². The Morgan fingerprint density at radius 3 is 2.79 bits per heavy atom. The summed E-state index contributed by atoms with van der Waals surface area (Å²) in [6.45, 7) is 1.99. The molecule has 0 bridgehead atoms. The highest BCUT2D eigenvalue weighted by molar-refractivity contribution is 5.44. The van der Waals surface area contributed by atoms with Crippen LogP contribution in [0.4, 0.5) is 19.1 Å². The van der Waals surface area contributed by atoms with E-state index < -0.39 is 29.1 Å². The number of hydrogen-bond acceptors (Lipinski definition) is 4. The van der Waals surface area contributed by atoms with Crippen molar-refractivity contribution in [2.45, 2.75) is 32.2 Å². The first-order chi connectivity index (χ1) is 13.9. The standard InChI is InChI=1S/C21H20F3N3O2/c1-11-3-5-13(29-2)10-16(11)25-21-26-20(28)19(24)18-8-7-17(27(18)21)14-6-4-12(22)9-15(14)23/h4-6,9-11,17H,3,7-8H2,1-2H3,(H,25,26,28). The summed E-state index contributed by atoms with van der Waals surface area (Å²) in [5.41, 5.74) is 0.169. The Bertz CT molecular complexity index is 1090. The van der Waals surface area contributed by atoms with Crippen LogP contribution in [0, 0.1) is 23.4 Å². The monoisotopic (exact) mass is 403 g/mol. The van der Waals surface area contributed by atoms with Gasteiger partial charge in [0, 0.05) is 17.3 Å². The highest BCUT2D eigenvalue weighted by Gasteiger charge is 2.32. The molecular weight excluding hydrogens is 383 g/mol. The minimum atomic E-state index is -0.967. The van der Waals surface area contributed by atoms with E-state index in [1.807, 2.05) is 13.0 Å². The van der Waals surface area contributed by atoms with E-state index in [-0.39, 0.29) is 29.5 Å². The maximum absolute atomic E-state index is 14.5. The van der Waals surface area contributed by atoms with Crippen molar-refractivity contribution in [1.82, 2.24) is 9.55 Å². The minimum Gasteiger partial charge on any atom is -0.497 e. The number of nitrogens with one attached hydrogen (secondary N) is 1. The molecule has 0 saturated heterocycles. The van der Waals surface area contributed by atoms with Crippen LogP contribution in [-0.4, -0.2) is 16.7 Å². The maximum Gasteiger partial charge on any atom is 0.310 e. The lowest BCUT2D eigenvalue weighted by atomic mass is 9.98. The first-order valence-corrected chi connectivity index (χ1v) is 9.37. The number of halogens is 3. The topological polar surface area (TPSA) is 56.1 Å². The highest BCUT2D eigenvalue weighted by atomic mass is 19.1. The van der Waals surface area contributed by atoms with Gasteiger partial charge in [-0.15, -0.1) is 0 Å². The van der Waals surface area contributed by atoms with Crippen molar-refractivity contribution in [2.24, 2.45) is 5.92 Å². The largest absolute Gasteiger partial charge is 0.497 e. The predicted molar refractivity (Wildman–Crippen MR) is 102 cm³/mol. The average Bonchev–Trinajstić information content (AvgIpc) is 3.13. The van der Waals surface area contributed by atoms with Gasteiger partial charge in [0.15, 0.2) is 0 Å². The van der Waals surface area contributed by atoms with Crippen molar-refractivity contribution in [1.29, 1.82) is 0 Å². The molecule has 2 atom stereocenters. The Morgan fingerprint density at radius 2 is 2.07 bits per heavy atom. The van der Waals surface area contributed by atoms with Crippen molar-refractivity contribution >= 4 is 5.95 Å². The molecule has 4 rings (SSSR count). The van der Waals surface area contributed by atoms with Crippen LogP contribution in [0.2, 0.25) is 0 Å². The number of fused-ring (bicyclic) bond motifs is 1. The lowest BCUT2D eigenvalue weighted by Crippen LogP contribution is -2.26. The SMILES string of the molecule is COC1=CCC(C)C(Nc2nc(=O)c(F)c3n2C(c2ccc(F)cc2F)CC3)=C1. The zero-order valence-corrected chi connectivity index (χ0v) is 16.0. The number of aromatic nitrogens is 2. The third-order valence-electron chi connectivity index (χ3n) is 5.45. The number of nitrogens with zero attached hydrogens (tertiary/aromatic N) is 2. The predicted octanol–water partition coefficient (Wildman–Crippen LogP) is 4.06. The number of methoxy groups -OCH3 is 1. The number of benzene rings is 1. The molecule has 0 saturated carbocycles. The molecule has 1 aromatic carbocycles. The van der Waals surface area contributed by atoms with Gasteiger partial charge in [0.25, 0.3) is 0 Å². The van der Waals surface area contributed by atoms with E-state index in [0.29, 0.717) is 12.2 Å². The van der Waals surface area contributed by atoms with Gasteiger partial charge in [-0.05, 0) is 43.4 Å². The molecule has 152 valence electrons. The van der Waals surface area contributed by atoms with Crippen LogP contribution in [0.5, 0.6) is 0 Å². The number of rotatable bonds is 4. The smallest absolute Gasteiger partial charge is 0.310 e. The van der Waals surface area contributed by atoms with Crippen LogP contribution >= 0.6 is 0 Å². The maximum atomic E-state index is 14.5.